The van der Waals surface area contributed by atoms with Gasteiger partial charge in [-0.25, -0.2) is 14.4 Å². The highest BCUT2D eigenvalue weighted by molar-refractivity contribution is 5.99. The number of halogens is 4. The first kappa shape index (κ1) is 21.5. The van der Waals surface area contributed by atoms with Crippen LogP contribution in [-0.4, -0.2) is 40.0 Å². The van der Waals surface area contributed by atoms with E-state index in [1.54, 1.807) is 29.2 Å². The number of likely N-dealkylation sites (tertiary alicyclic amines) is 1. The lowest BCUT2D eigenvalue weighted by Crippen LogP contribution is -2.31. The Balaban J connectivity index is 1.42. The molecule has 32 heavy (non-hydrogen) atoms. The summed E-state index contributed by atoms with van der Waals surface area (Å²) in [6.45, 7) is 0.647. The molecule has 0 spiro atoms. The summed E-state index contributed by atoms with van der Waals surface area (Å²) in [5.74, 6) is -0.359. The minimum Gasteiger partial charge on any atom is -0.472 e. The van der Waals surface area contributed by atoms with Crippen LogP contribution in [0.15, 0.2) is 60.9 Å². The van der Waals surface area contributed by atoms with Crippen molar-refractivity contribution in [1.29, 1.82) is 0 Å². The monoisotopic (exact) mass is 446 g/mol. The molecule has 166 valence electrons. The highest BCUT2D eigenvalue weighted by Gasteiger charge is 2.32. The van der Waals surface area contributed by atoms with Gasteiger partial charge in [0.25, 0.3) is 5.91 Å². The molecular formula is C22H18F4N4O2. The van der Waals surface area contributed by atoms with E-state index in [0.717, 1.165) is 12.1 Å². The molecule has 1 aliphatic rings. The van der Waals surface area contributed by atoms with Gasteiger partial charge in [0.2, 0.25) is 5.88 Å². The quantitative estimate of drug-likeness (QED) is 0.577. The lowest BCUT2D eigenvalue weighted by molar-refractivity contribution is -0.137. The van der Waals surface area contributed by atoms with Crippen molar-refractivity contribution in [2.45, 2.75) is 18.7 Å². The Kier molecular flexibility index (Phi) is 5.93. The van der Waals surface area contributed by atoms with Gasteiger partial charge in [0, 0.05) is 37.1 Å². The van der Waals surface area contributed by atoms with Crippen molar-refractivity contribution in [3.63, 3.8) is 0 Å². The maximum Gasteiger partial charge on any atom is 0.417 e. The molecule has 6 nitrogen and oxygen atoms in total. The lowest BCUT2D eigenvalue weighted by Gasteiger charge is -2.19. The predicted octanol–water partition coefficient (Wildman–Crippen LogP) is 4.67. The molecule has 1 atom stereocenters. The molecule has 2 aromatic heterocycles. The number of alkyl halides is 3. The van der Waals surface area contributed by atoms with Crippen LogP contribution >= 0.6 is 0 Å². The van der Waals surface area contributed by atoms with Crippen LogP contribution in [0, 0.1) is 5.82 Å². The van der Waals surface area contributed by atoms with Gasteiger partial charge in [-0.05, 0) is 36.4 Å². The van der Waals surface area contributed by atoms with Crippen molar-refractivity contribution in [3.8, 4) is 5.88 Å². The van der Waals surface area contributed by atoms with Crippen molar-refractivity contribution >= 4 is 17.4 Å². The number of benzene rings is 1. The highest BCUT2D eigenvalue weighted by atomic mass is 19.4. The lowest BCUT2D eigenvalue weighted by atomic mass is 10.2. The van der Waals surface area contributed by atoms with Gasteiger partial charge in [-0.3, -0.25) is 4.79 Å². The van der Waals surface area contributed by atoms with Crippen LogP contribution in [0.5, 0.6) is 5.88 Å². The number of nitrogens with one attached hydrogen (secondary N) is 1. The average Bonchev–Trinajstić information content (AvgIpc) is 3.22. The van der Waals surface area contributed by atoms with Crippen LogP contribution in [-0.2, 0) is 6.18 Å². The molecule has 10 heteroatoms. The second-order valence-corrected chi connectivity index (χ2v) is 7.20. The van der Waals surface area contributed by atoms with Gasteiger partial charge >= 0.3 is 6.18 Å². The molecule has 4 rings (SSSR count). The maximum atomic E-state index is 13.5. The third kappa shape index (κ3) is 4.96. The number of rotatable bonds is 5. The Labute approximate surface area is 180 Å². The van der Waals surface area contributed by atoms with E-state index in [1.165, 1.54) is 18.3 Å². The number of aromatic nitrogens is 2. The summed E-state index contributed by atoms with van der Waals surface area (Å²) in [7, 11) is 0. The van der Waals surface area contributed by atoms with Crippen LogP contribution in [0.3, 0.4) is 0 Å². The summed E-state index contributed by atoms with van der Waals surface area (Å²) in [5, 5.41) is 2.95. The largest absolute Gasteiger partial charge is 0.472 e. The summed E-state index contributed by atoms with van der Waals surface area (Å²) in [6.07, 6.45) is -2.14. The van der Waals surface area contributed by atoms with E-state index >= 15 is 0 Å². The first-order valence-electron chi connectivity index (χ1n) is 9.76. The van der Waals surface area contributed by atoms with E-state index in [1.807, 2.05) is 0 Å². The minimum atomic E-state index is -4.47. The average molecular weight is 446 g/mol. The number of pyridine rings is 2. The molecule has 3 heterocycles. The number of ether oxygens (including phenoxy) is 1. The van der Waals surface area contributed by atoms with E-state index in [9.17, 15) is 22.4 Å². The molecule has 0 radical (unpaired) electrons. The van der Waals surface area contributed by atoms with Crippen LogP contribution in [0.4, 0.5) is 29.1 Å². The third-order valence-corrected chi connectivity index (χ3v) is 4.91. The molecule has 1 fully saturated rings. The van der Waals surface area contributed by atoms with Gasteiger partial charge in [0.1, 0.15) is 17.7 Å². The van der Waals surface area contributed by atoms with Crippen LogP contribution < -0.4 is 10.1 Å². The smallest absolute Gasteiger partial charge is 0.417 e. The Morgan fingerprint density at radius 3 is 2.69 bits per heavy atom. The summed E-state index contributed by atoms with van der Waals surface area (Å²) in [5.41, 5.74) is -0.0955. The number of amides is 1. The second kappa shape index (κ2) is 8.81. The Morgan fingerprint density at radius 1 is 1.12 bits per heavy atom. The van der Waals surface area contributed by atoms with Crippen molar-refractivity contribution in [2.75, 3.05) is 18.4 Å². The fraction of sp³-hybridized carbons (Fsp3) is 0.227. The van der Waals surface area contributed by atoms with Crippen LogP contribution in [0.25, 0.3) is 0 Å². The van der Waals surface area contributed by atoms with Crippen LogP contribution in [0.2, 0.25) is 0 Å². The Hall–Kier alpha value is -3.69. The molecule has 0 aliphatic carbocycles. The minimum absolute atomic E-state index is 0.0622. The number of hydrogen-bond donors (Lipinski definition) is 1. The number of carbonyl (C=O) groups excluding carboxylic acids is 1. The van der Waals surface area contributed by atoms with Crippen molar-refractivity contribution in [3.05, 3.63) is 77.9 Å². The molecule has 1 amide bonds. The fourth-order valence-electron chi connectivity index (χ4n) is 3.35. The van der Waals surface area contributed by atoms with Crippen molar-refractivity contribution < 1.29 is 27.1 Å². The second-order valence-electron chi connectivity index (χ2n) is 7.20. The maximum absolute atomic E-state index is 13.5. The van der Waals surface area contributed by atoms with E-state index < -0.39 is 23.7 Å². The van der Waals surface area contributed by atoms with Gasteiger partial charge in [-0.2, -0.15) is 13.2 Å². The standard InChI is InChI=1S/C22H18F4N4O2/c23-15-3-1-4-16(11-15)29-20-18(5-2-9-27-20)21(31)30-10-8-17(13-30)32-19-7-6-14(12-28-19)22(24,25)26/h1-7,9,11-12,17H,8,10,13H2,(H,27,29)/t17-/m1/s1. The van der Waals surface area contributed by atoms with Gasteiger partial charge in [0.15, 0.2) is 0 Å². The van der Waals surface area contributed by atoms with Crippen molar-refractivity contribution in [1.82, 2.24) is 14.9 Å². The van der Waals surface area contributed by atoms with E-state index in [0.29, 0.717) is 30.4 Å². The first-order valence-corrected chi connectivity index (χ1v) is 9.76. The van der Waals surface area contributed by atoms with Gasteiger partial charge < -0.3 is 15.0 Å². The van der Waals surface area contributed by atoms with E-state index in [-0.39, 0.29) is 24.1 Å². The molecule has 1 aliphatic heterocycles. The van der Waals surface area contributed by atoms with Gasteiger partial charge in [-0.1, -0.05) is 6.07 Å². The normalized spacial score (nSPS) is 16.1. The molecule has 3 aromatic rings. The fourth-order valence-corrected chi connectivity index (χ4v) is 3.35. The predicted molar refractivity (Wildman–Crippen MR) is 108 cm³/mol. The molecular weight excluding hydrogens is 428 g/mol. The molecule has 0 saturated carbocycles. The molecule has 0 unspecified atom stereocenters. The van der Waals surface area contributed by atoms with Crippen molar-refractivity contribution in [2.24, 2.45) is 0 Å². The van der Waals surface area contributed by atoms with E-state index in [2.05, 4.69) is 15.3 Å². The zero-order chi connectivity index (χ0) is 22.7. The number of hydrogen-bond acceptors (Lipinski definition) is 5. The summed E-state index contributed by atoms with van der Waals surface area (Å²) >= 11 is 0. The topological polar surface area (TPSA) is 67.4 Å². The molecule has 0 bridgehead atoms. The summed E-state index contributed by atoms with van der Waals surface area (Å²) in [6, 6.07) is 11.1. The number of nitrogens with zero attached hydrogens (tertiary/aromatic N) is 3. The van der Waals surface area contributed by atoms with E-state index in [4.69, 9.17) is 4.74 Å². The molecule has 1 aromatic carbocycles. The van der Waals surface area contributed by atoms with Gasteiger partial charge in [-0.15, -0.1) is 0 Å². The van der Waals surface area contributed by atoms with Crippen LogP contribution in [0.1, 0.15) is 22.3 Å². The first-order chi connectivity index (χ1) is 15.3. The highest BCUT2D eigenvalue weighted by Crippen LogP contribution is 2.30. The number of carbonyl (C=O) groups is 1. The van der Waals surface area contributed by atoms with Gasteiger partial charge in [0.05, 0.1) is 17.7 Å². The SMILES string of the molecule is O=C(c1cccnc1Nc1cccc(F)c1)N1CC[C@@H](Oc2ccc(C(F)(F)F)cn2)C1. The molecule has 1 N–H and O–H groups in total. The zero-order valence-electron chi connectivity index (χ0n) is 16.6. The third-order valence-electron chi connectivity index (χ3n) is 4.91. The Morgan fingerprint density at radius 2 is 1.97 bits per heavy atom. The summed E-state index contributed by atoms with van der Waals surface area (Å²) < 4.78 is 57.1. The zero-order valence-corrected chi connectivity index (χ0v) is 16.6. The Bertz CT molecular complexity index is 1110. The number of anilines is 2. The molecule has 1 saturated heterocycles. The summed E-state index contributed by atoms with van der Waals surface area (Å²) in [4.78, 5) is 22.5.